The zero-order valence-electron chi connectivity index (χ0n) is 20.5. The summed E-state index contributed by atoms with van der Waals surface area (Å²) >= 11 is 13.2. The molecule has 2 aliphatic heterocycles. The summed E-state index contributed by atoms with van der Waals surface area (Å²) in [5.41, 5.74) is 0.926. The number of hydrogen-bond acceptors (Lipinski definition) is 7. The molecular weight excluding hydrogens is 553 g/mol. The molecule has 0 bridgehead atoms. The number of imide groups is 1. The fourth-order valence-corrected chi connectivity index (χ4v) is 5.31. The summed E-state index contributed by atoms with van der Waals surface area (Å²) in [7, 11) is 1.41. The molecule has 2 heterocycles. The maximum Gasteiger partial charge on any atom is 0.294 e. The summed E-state index contributed by atoms with van der Waals surface area (Å²) in [6.07, 6.45) is 4.40. The second-order valence-electron chi connectivity index (χ2n) is 8.56. The molecule has 2 aromatic carbocycles. The summed E-state index contributed by atoms with van der Waals surface area (Å²) in [6, 6.07) is 9.89. The van der Waals surface area contributed by atoms with E-state index in [0.717, 1.165) is 35.9 Å². The van der Waals surface area contributed by atoms with E-state index >= 15 is 0 Å². The van der Waals surface area contributed by atoms with Gasteiger partial charge in [0.2, 0.25) is 5.91 Å². The summed E-state index contributed by atoms with van der Waals surface area (Å²) in [6.45, 7) is 0.637. The second-order valence-corrected chi connectivity index (χ2v) is 10.4. The van der Waals surface area contributed by atoms with Crippen LogP contribution in [0, 0.1) is 0 Å². The number of thioether (sulfide) groups is 1. The molecule has 2 saturated heterocycles. The van der Waals surface area contributed by atoms with E-state index in [2.05, 4.69) is 5.32 Å². The molecule has 0 aliphatic carbocycles. The fourth-order valence-electron chi connectivity index (χ4n) is 4.02. The average Bonchev–Trinajstić information content (AvgIpc) is 3.16. The summed E-state index contributed by atoms with van der Waals surface area (Å²) in [4.78, 5) is 53.1. The Morgan fingerprint density at radius 1 is 1.08 bits per heavy atom. The largest absolute Gasteiger partial charge is 0.493 e. The Morgan fingerprint density at radius 2 is 1.82 bits per heavy atom. The standard InChI is InChI=1S/C26H25Cl2N3O6S/c1-36-20-12-16(11-18(28)24(20)37-15-22(32)29-19-8-4-3-7-17(19)27)13-21-25(34)31(26(35)38-21)14-23(33)30-9-5-2-6-10-30/h3-4,7-8,11-13H,2,5-6,9-10,14-15H2,1H3,(H,29,32)/b21-13-. The van der Waals surface area contributed by atoms with Gasteiger partial charge in [0.05, 0.1) is 27.7 Å². The number of methoxy groups -OCH3 is 1. The maximum absolute atomic E-state index is 12.9. The van der Waals surface area contributed by atoms with E-state index in [4.69, 9.17) is 32.7 Å². The molecule has 1 N–H and O–H groups in total. The smallest absolute Gasteiger partial charge is 0.294 e. The number of rotatable bonds is 8. The monoisotopic (exact) mass is 577 g/mol. The third-order valence-electron chi connectivity index (χ3n) is 5.92. The van der Waals surface area contributed by atoms with Crippen molar-refractivity contribution in [3.63, 3.8) is 0 Å². The van der Waals surface area contributed by atoms with Crippen LogP contribution in [0.15, 0.2) is 41.3 Å². The number of amides is 4. The van der Waals surface area contributed by atoms with Gasteiger partial charge in [0.1, 0.15) is 6.54 Å². The van der Waals surface area contributed by atoms with E-state index in [1.807, 2.05) is 0 Å². The molecule has 2 aromatic rings. The number of para-hydroxylation sites is 1. The molecule has 0 spiro atoms. The van der Waals surface area contributed by atoms with Gasteiger partial charge in [-0.05, 0) is 66.9 Å². The average molecular weight is 578 g/mol. The third kappa shape index (κ3) is 6.61. The van der Waals surface area contributed by atoms with Crippen molar-refractivity contribution in [2.24, 2.45) is 0 Å². The van der Waals surface area contributed by atoms with Crippen molar-refractivity contribution in [3.8, 4) is 11.5 Å². The van der Waals surface area contributed by atoms with Crippen molar-refractivity contribution >= 4 is 69.7 Å². The molecule has 0 unspecified atom stereocenters. The summed E-state index contributed by atoms with van der Waals surface area (Å²) < 4.78 is 11.0. The number of likely N-dealkylation sites (tertiary alicyclic amines) is 1. The highest BCUT2D eigenvalue weighted by atomic mass is 35.5. The Morgan fingerprint density at radius 3 is 2.53 bits per heavy atom. The first-order valence-electron chi connectivity index (χ1n) is 11.8. The van der Waals surface area contributed by atoms with E-state index in [1.54, 1.807) is 35.2 Å². The van der Waals surface area contributed by atoms with Crippen LogP contribution in [0.5, 0.6) is 11.5 Å². The van der Waals surface area contributed by atoms with E-state index in [1.165, 1.54) is 19.3 Å². The number of nitrogens with zero attached hydrogens (tertiary/aromatic N) is 2. The van der Waals surface area contributed by atoms with Gasteiger partial charge in [-0.2, -0.15) is 0 Å². The van der Waals surface area contributed by atoms with E-state index < -0.39 is 17.1 Å². The predicted molar refractivity (Wildman–Crippen MR) is 147 cm³/mol. The first kappa shape index (κ1) is 27.8. The number of nitrogens with one attached hydrogen (secondary N) is 1. The van der Waals surface area contributed by atoms with Gasteiger partial charge in [-0.3, -0.25) is 24.1 Å². The van der Waals surface area contributed by atoms with Crippen LogP contribution in [0.2, 0.25) is 10.0 Å². The summed E-state index contributed by atoms with van der Waals surface area (Å²) in [5, 5.41) is 2.68. The highest BCUT2D eigenvalue weighted by Crippen LogP contribution is 2.39. The molecule has 4 rings (SSSR count). The number of anilines is 1. The molecule has 0 aromatic heterocycles. The highest BCUT2D eigenvalue weighted by Gasteiger charge is 2.37. The van der Waals surface area contributed by atoms with Crippen LogP contribution in [0.1, 0.15) is 24.8 Å². The summed E-state index contributed by atoms with van der Waals surface area (Å²) in [5.74, 6) is -0.863. The third-order valence-corrected chi connectivity index (χ3v) is 7.44. The molecule has 2 aliphatic rings. The van der Waals surface area contributed by atoms with Gasteiger partial charge in [0.25, 0.3) is 17.1 Å². The van der Waals surface area contributed by atoms with Gasteiger partial charge in [-0.25, -0.2) is 0 Å². The number of carbonyl (C=O) groups excluding carboxylic acids is 4. The van der Waals surface area contributed by atoms with E-state index in [0.29, 0.717) is 29.4 Å². The van der Waals surface area contributed by atoms with Crippen molar-refractivity contribution < 1.29 is 28.7 Å². The van der Waals surface area contributed by atoms with Crippen LogP contribution >= 0.6 is 35.0 Å². The van der Waals surface area contributed by atoms with Crippen LogP contribution in [-0.4, -0.2) is 66.1 Å². The van der Waals surface area contributed by atoms with Gasteiger partial charge < -0.3 is 19.7 Å². The van der Waals surface area contributed by atoms with Crippen molar-refractivity contribution in [1.82, 2.24) is 9.80 Å². The van der Waals surface area contributed by atoms with Crippen LogP contribution in [0.25, 0.3) is 6.08 Å². The van der Waals surface area contributed by atoms with Crippen LogP contribution < -0.4 is 14.8 Å². The van der Waals surface area contributed by atoms with Gasteiger partial charge in [0.15, 0.2) is 18.1 Å². The van der Waals surface area contributed by atoms with Gasteiger partial charge in [-0.1, -0.05) is 35.3 Å². The lowest BCUT2D eigenvalue weighted by atomic mass is 10.1. The van der Waals surface area contributed by atoms with E-state index in [-0.39, 0.29) is 40.5 Å². The molecule has 9 nitrogen and oxygen atoms in total. The first-order valence-corrected chi connectivity index (χ1v) is 13.4. The zero-order chi connectivity index (χ0) is 27.2. The number of piperidine rings is 1. The van der Waals surface area contributed by atoms with Crippen molar-refractivity contribution in [3.05, 3.63) is 56.9 Å². The molecule has 12 heteroatoms. The van der Waals surface area contributed by atoms with Crippen LogP contribution in [0.3, 0.4) is 0 Å². The van der Waals surface area contributed by atoms with Crippen LogP contribution in [-0.2, 0) is 14.4 Å². The number of ether oxygens (including phenoxy) is 2. The number of carbonyl (C=O) groups is 4. The molecule has 2 fully saturated rings. The second kappa shape index (κ2) is 12.6. The maximum atomic E-state index is 12.9. The minimum absolute atomic E-state index is 0.139. The minimum Gasteiger partial charge on any atom is -0.493 e. The lowest BCUT2D eigenvalue weighted by Crippen LogP contribution is -2.44. The Kier molecular flexibility index (Phi) is 9.19. The molecule has 0 atom stereocenters. The fraction of sp³-hybridized carbons (Fsp3) is 0.308. The molecule has 200 valence electrons. The Balaban J connectivity index is 1.43. The quantitative estimate of drug-likeness (QED) is 0.437. The van der Waals surface area contributed by atoms with Crippen molar-refractivity contribution in [1.29, 1.82) is 0 Å². The van der Waals surface area contributed by atoms with Gasteiger partial charge in [0, 0.05) is 13.1 Å². The molecule has 0 radical (unpaired) electrons. The van der Waals surface area contributed by atoms with Crippen molar-refractivity contribution in [2.75, 3.05) is 38.7 Å². The molecule has 0 saturated carbocycles. The number of benzene rings is 2. The highest BCUT2D eigenvalue weighted by molar-refractivity contribution is 8.18. The first-order chi connectivity index (χ1) is 18.3. The van der Waals surface area contributed by atoms with Gasteiger partial charge >= 0.3 is 0 Å². The van der Waals surface area contributed by atoms with Crippen molar-refractivity contribution in [2.45, 2.75) is 19.3 Å². The number of hydrogen-bond donors (Lipinski definition) is 1. The Hall–Kier alpha value is -3.21. The topological polar surface area (TPSA) is 105 Å². The normalized spacial score (nSPS) is 16.7. The van der Waals surface area contributed by atoms with Gasteiger partial charge in [-0.15, -0.1) is 0 Å². The predicted octanol–water partition coefficient (Wildman–Crippen LogP) is 5.07. The zero-order valence-corrected chi connectivity index (χ0v) is 22.8. The van der Waals surface area contributed by atoms with Crippen LogP contribution in [0.4, 0.5) is 10.5 Å². The molecular formula is C26H25Cl2N3O6S. The Bertz CT molecular complexity index is 1300. The SMILES string of the molecule is COc1cc(/C=C2\SC(=O)N(CC(=O)N3CCCCC3)C2=O)cc(Cl)c1OCC(=O)Nc1ccccc1Cl. The van der Waals surface area contributed by atoms with E-state index in [9.17, 15) is 19.2 Å². The minimum atomic E-state index is -0.544. The lowest BCUT2D eigenvalue weighted by Gasteiger charge is -2.27. The number of halogens is 2. The molecule has 4 amide bonds. The lowest BCUT2D eigenvalue weighted by molar-refractivity contribution is -0.136. The molecule has 38 heavy (non-hydrogen) atoms. The Labute approximate surface area is 234 Å².